The van der Waals surface area contributed by atoms with Crippen LogP contribution in [-0.2, 0) is 76.8 Å². The molecule has 0 saturated carbocycles. The maximum Gasteiger partial charge on any atom is 0.253 e. The number of ether oxygens (including phenoxy) is 13. The van der Waals surface area contributed by atoms with E-state index in [-0.39, 0.29) is 25.0 Å². The zero-order chi connectivity index (χ0) is 45.6. The van der Waals surface area contributed by atoms with Crippen molar-refractivity contribution in [2.45, 2.75) is 5.60 Å². The number of carbonyl (C=O) groups excluding carboxylic acids is 2. The van der Waals surface area contributed by atoms with Gasteiger partial charge in [0, 0.05) is 12.2 Å². The zero-order valence-corrected chi connectivity index (χ0v) is 37.8. The first kappa shape index (κ1) is 53.6. The van der Waals surface area contributed by atoms with Crippen molar-refractivity contribution in [2.24, 2.45) is 0 Å². The van der Waals surface area contributed by atoms with E-state index in [0.29, 0.717) is 159 Å². The van der Waals surface area contributed by atoms with Gasteiger partial charge in [0.25, 0.3) is 11.8 Å². The van der Waals surface area contributed by atoms with Gasteiger partial charge in [0.05, 0.1) is 172 Å². The van der Waals surface area contributed by atoms with Crippen molar-refractivity contribution >= 4 is 11.8 Å². The fourth-order valence-electron chi connectivity index (χ4n) is 6.35. The smallest absolute Gasteiger partial charge is 0.253 e. The summed E-state index contributed by atoms with van der Waals surface area (Å²) in [6, 6.07) is 30.9. The van der Waals surface area contributed by atoms with E-state index in [2.05, 4.69) is 36.4 Å². The molecule has 3 aromatic carbocycles. The van der Waals surface area contributed by atoms with E-state index >= 15 is 0 Å². The number of carbonyl (C=O) groups is 2. The maximum atomic E-state index is 11.4. The maximum absolute atomic E-state index is 11.4. The lowest BCUT2D eigenvalue weighted by molar-refractivity contribution is -0.137. The van der Waals surface area contributed by atoms with Crippen molar-refractivity contribution in [1.82, 2.24) is 4.90 Å². The van der Waals surface area contributed by atoms with Crippen molar-refractivity contribution in [1.29, 1.82) is 0 Å². The Kier molecular flexibility index (Phi) is 29.9. The van der Waals surface area contributed by atoms with Crippen molar-refractivity contribution in [3.63, 3.8) is 0 Å². The van der Waals surface area contributed by atoms with Crippen LogP contribution in [0.4, 0.5) is 0 Å². The number of nitrogens with zero attached hydrogens (tertiary/aromatic N) is 1. The van der Waals surface area contributed by atoms with Gasteiger partial charge in [0.2, 0.25) is 0 Å². The van der Waals surface area contributed by atoms with Crippen LogP contribution in [-0.4, -0.2) is 188 Å². The number of benzene rings is 3. The van der Waals surface area contributed by atoms with Crippen LogP contribution in [0.3, 0.4) is 0 Å². The summed E-state index contributed by atoms with van der Waals surface area (Å²) < 4.78 is 73.2. The molecule has 0 atom stereocenters. The molecule has 4 rings (SSSR count). The fourth-order valence-corrected chi connectivity index (χ4v) is 6.35. The third-order valence-electron chi connectivity index (χ3n) is 9.54. The molecule has 1 aliphatic rings. The summed E-state index contributed by atoms with van der Waals surface area (Å²) in [5, 5.41) is 0. The summed E-state index contributed by atoms with van der Waals surface area (Å²) >= 11 is 0. The van der Waals surface area contributed by atoms with Crippen LogP contribution in [0.2, 0.25) is 0 Å². The number of imide groups is 1. The lowest BCUT2D eigenvalue weighted by Crippen LogP contribution is -2.34. The summed E-state index contributed by atoms with van der Waals surface area (Å²) in [5.41, 5.74) is 2.42. The molecular weight excluding hydrogens is 843 g/mol. The molecule has 16 heteroatoms. The molecule has 1 heterocycles. The monoisotopic (exact) mass is 911 g/mol. The molecular formula is C49H69NO15. The second-order valence-corrected chi connectivity index (χ2v) is 14.1. The minimum atomic E-state index is -0.761. The Morgan fingerprint density at radius 3 is 0.754 bits per heavy atom. The highest BCUT2D eigenvalue weighted by atomic mass is 16.6. The Balaban J connectivity index is 0.812. The molecule has 360 valence electrons. The van der Waals surface area contributed by atoms with Gasteiger partial charge < -0.3 is 61.6 Å². The Bertz CT molecular complexity index is 1520. The van der Waals surface area contributed by atoms with Gasteiger partial charge >= 0.3 is 0 Å². The predicted octanol–water partition coefficient (Wildman–Crippen LogP) is 4.12. The second kappa shape index (κ2) is 36.2. The molecule has 0 saturated heterocycles. The second-order valence-electron chi connectivity index (χ2n) is 14.1. The molecule has 65 heavy (non-hydrogen) atoms. The van der Waals surface area contributed by atoms with Crippen LogP contribution in [0, 0.1) is 0 Å². The van der Waals surface area contributed by atoms with Crippen molar-refractivity contribution in [3.8, 4) is 0 Å². The highest BCUT2D eigenvalue weighted by molar-refractivity contribution is 6.12. The first-order chi connectivity index (χ1) is 32.2. The van der Waals surface area contributed by atoms with Crippen LogP contribution in [0.25, 0.3) is 0 Å². The fraction of sp³-hybridized carbons (Fsp3) is 0.551. The molecule has 0 aromatic heterocycles. The first-order valence-corrected chi connectivity index (χ1v) is 22.5. The highest BCUT2D eigenvalue weighted by Gasteiger charge is 2.37. The van der Waals surface area contributed by atoms with Gasteiger partial charge in [-0.05, 0) is 16.7 Å². The Morgan fingerprint density at radius 1 is 0.292 bits per heavy atom. The molecule has 3 aromatic rings. The van der Waals surface area contributed by atoms with Crippen molar-refractivity contribution < 1.29 is 71.2 Å². The van der Waals surface area contributed by atoms with Crippen LogP contribution < -0.4 is 0 Å². The number of hydrogen-bond donors (Lipinski definition) is 0. The van der Waals surface area contributed by atoms with E-state index in [1.807, 2.05) is 54.6 Å². The summed E-state index contributed by atoms with van der Waals surface area (Å²) in [6.45, 7) is 11.6. The van der Waals surface area contributed by atoms with Crippen LogP contribution in [0.5, 0.6) is 0 Å². The van der Waals surface area contributed by atoms with E-state index in [4.69, 9.17) is 61.6 Å². The molecule has 1 aliphatic heterocycles. The normalized spacial score (nSPS) is 12.8. The largest absolute Gasteiger partial charge is 0.377 e. The molecule has 0 spiro atoms. The first-order valence-electron chi connectivity index (χ1n) is 22.5. The van der Waals surface area contributed by atoms with Crippen LogP contribution in [0.1, 0.15) is 16.7 Å². The minimum absolute atomic E-state index is 0.235. The van der Waals surface area contributed by atoms with E-state index in [1.165, 1.54) is 12.2 Å². The Hall–Kier alpha value is -3.98. The van der Waals surface area contributed by atoms with Crippen LogP contribution in [0.15, 0.2) is 103 Å². The topological polar surface area (TPSA) is 157 Å². The number of rotatable bonds is 43. The summed E-state index contributed by atoms with van der Waals surface area (Å²) in [5.74, 6) is -0.619. The van der Waals surface area contributed by atoms with Gasteiger partial charge in [-0.1, -0.05) is 91.0 Å². The summed E-state index contributed by atoms with van der Waals surface area (Å²) in [7, 11) is 0. The molecule has 16 nitrogen and oxygen atoms in total. The molecule has 0 bridgehead atoms. The molecule has 2 amide bonds. The standard InChI is InChI=1S/C49H69NO15/c51-47-16-17-48(52)50(47)18-19-53-20-21-54-22-23-55-24-25-56-26-27-57-28-29-58-30-31-59-32-33-60-34-35-61-36-37-62-38-39-63-40-41-64-42-43-65-49(44-10-4-1-5-11-44,45-12-6-2-7-13-45)46-14-8-3-9-15-46/h1-17H,18-43H2. The van der Waals surface area contributed by atoms with E-state index in [1.54, 1.807) is 0 Å². The average Bonchev–Trinajstić information content (AvgIpc) is 3.67. The Labute approximate surface area is 384 Å². The quantitative estimate of drug-likeness (QED) is 0.0454. The van der Waals surface area contributed by atoms with E-state index in [0.717, 1.165) is 21.6 Å². The van der Waals surface area contributed by atoms with Crippen molar-refractivity contribution in [3.05, 3.63) is 120 Å². The molecule has 0 unspecified atom stereocenters. The SMILES string of the molecule is O=C1C=CC(=O)N1CCOCCOCCOCCOCCOCCOCCOCCOCCOCCOCCOCCOCCOC(c1ccccc1)(c1ccccc1)c1ccccc1. The van der Waals surface area contributed by atoms with Gasteiger partial charge in [-0.2, -0.15) is 0 Å². The molecule has 0 aliphatic carbocycles. The average molecular weight is 912 g/mol. The van der Waals surface area contributed by atoms with E-state index in [9.17, 15) is 9.59 Å². The third-order valence-corrected chi connectivity index (χ3v) is 9.54. The predicted molar refractivity (Wildman–Crippen MR) is 241 cm³/mol. The van der Waals surface area contributed by atoms with Crippen molar-refractivity contribution in [2.75, 3.05) is 172 Å². The zero-order valence-electron chi connectivity index (χ0n) is 37.8. The third kappa shape index (κ3) is 22.9. The summed E-state index contributed by atoms with van der Waals surface area (Å²) in [4.78, 5) is 24.0. The number of amides is 2. The number of hydrogen-bond acceptors (Lipinski definition) is 15. The lowest BCUT2D eigenvalue weighted by atomic mass is 9.80. The van der Waals surface area contributed by atoms with Gasteiger partial charge in [-0.3, -0.25) is 14.5 Å². The van der Waals surface area contributed by atoms with Crippen LogP contribution >= 0.6 is 0 Å². The molecule has 0 radical (unpaired) electrons. The van der Waals surface area contributed by atoms with Gasteiger partial charge in [-0.25, -0.2) is 0 Å². The molecule has 0 fully saturated rings. The van der Waals surface area contributed by atoms with Gasteiger partial charge in [-0.15, -0.1) is 0 Å². The lowest BCUT2D eigenvalue weighted by Gasteiger charge is -2.36. The van der Waals surface area contributed by atoms with Gasteiger partial charge in [0.1, 0.15) is 5.60 Å². The van der Waals surface area contributed by atoms with E-state index < -0.39 is 5.60 Å². The Morgan fingerprint density at radius 2 is 0.508 bits per heavy atom. The summed E-state index contributed by atoms with van der Waals surface area (Å²) in [6.07, 6.45) is 2.51. The minimum Gasteiger partial charge on any atom is -0.377 e. The molecule has 0 N–H and O–H groups in total. The highest BCUT2D eigenvalue weighted by Crippen LogP contribution is 2.40. The van der Waals surface area contributed by atoms with Gasteiger partial charge in [0.15, 0.2) is 0 Å².